The number of anilines is 2. The SMILES string of the molecule is CCCCNC(=O)c1ccccc1NC(=O)[C@H](C)N(c1ccc(CC)cc1)S(C)(=O)=O. The Labute approximate surface area is 184 Å². The highest BCUT2D eigenvalue weighted by atomic mass is 32.2. The third-order valence-corrected chi connectivity index (χ3v) is 6.17. The summed E-state index contributed by atoms with van der Waals surface area (Å²) in [7, 11) is -3.72. The fourth-order valence-electron chi connectivity index (χ4n) is 3.19. The topological polar surface area (TPSA) is 95.6 Å². The number of hydrogen-bond acceptors (Lipinski definition) is 4. The summed E-state index contributed by atoms with van der Waals surface area (Å²) >= 11 is 0. The molecule has 0 saturated heterocycles. The molecule has 0 aliphatic carbocycles. The van der Waals surface area contributed by atoms with E-state index >= 15 is 0 Å². The summed E-state index contributed by atoms with van der Waals surface area (Å²) in [6, 6.07) is 12.7. The molecule has 0 bridgehead atoms. The maximum Gasteiger partial charge on any atom is 0.253 e. The van der Waals surface area contributed by atoms with Gasteiger partial charge in [-0.3, -0.25) is 13.9 Å². The Balaban J connectivity index is 2.26. The molecule has 2 amide bonds. The first kappa shape index (κ1) is 24.4. The van der Waals surface area contributed by atoms with Crippen LogP contribution >= 0.6 is 0 Å². The van der Waals surface area contributed by atoms with Gasteiger partial charge in [0.1, 0.15) is 6.04 Å². The van der Waals surface area contributed by atoms with E-state index in [1.54, 1.807) is 36.4 Å². The van der Waals surface area contributed by atoms with Gasteiger partial charge in [-0.1, -0.05) is 44.5 Å². The van der Waals surface area contributed by atoms with Crippen molar-refractivity contribution in [3.63, 3.8) is 0 Å². The fraction of sp³-hybridized carbons (Fsp3) is 0.391. The van der Waals surface area contributed by atoms with Gasteiger partial charge in [0, 0.05) is 6.54 Å². The van der Waals surface area contributed by atoms with Crippen molar-refractivity contribution in [1.82, 2.24) is 5.32 Å². The second-order valence-electron chi connectivity index (χ2n) is 7.40. The zero-order valence-electron chi connectivity index (χ0n) is 18.5. The molecule has 0 aliphatic rings. The van der Waals surface area contributed by atoms with Crippen LogP contribution in [0, 0.1) is 0 Å². The van der Waals surface area contributed by atoms with Crippen LogP contribution in [0.2, 0.25) is 0 Å². The zero-order chi connectivity index (χ0) is 23.0. The first-order valence-electron chi connectivity index (χ1n) is 10.5. The summed E-state index contributed by atoms with van der Waals surface area (Å²) in [5.74, 6) is -0.814. The molecule has 2 rings (SSSR count). The number of nitrogens with one attached hydrogen (secondary N) is 2. The fourth-order valence-corrected chi connectivity index (χ4v) is 4.36. The van der Waals surface area contributed by atoms with E-state index in [0.717, 1.165) is 35.4 Å². The third-order valence-electron chi connectivity index (χ3n) is 4.93. The molecule has 31 heavy (non-hydrogen) atoms. The smallest absolute Gasteiger partial charge is 0.253 e. The van der Waals surface area contributed by atoms with Crippen molar-refractivity contribution in [2.75, 3.05) is 22.4 Å². The Kier molecular flexibility index (Phi) is 8.62. The number of carbonyl (C=O) groups is 2. The Hall–Kier alpha value is -2.87. The number of unbranched alkanes of at least 4 members (excludes halogenated alkanes) is 1. The minimum atomic E-state index is -3.72. The van der Waals surface area contributed by atoms with E-state index in [1.165, 1.54) is 6.92 Å². The molecule has 2 aromatic carbocycles. The number of carbonyl (C=O) groups excluding carboxylic acids is 2. The number of sulfonamides is 1. The Bertz CT molecular complexity index is 1000. The molecule has 0 aliphatic heterocycles. The number of benzene rings is 2. The molecule has 0 aromatic heterocycles. The first-order chi connectivity index (χ1) is 14.7. The van der Waals surface area contributed by atoms with E-state index in [4.69, 9.17) is 0 Å². The van der Waals surface area contributed by atoms with Crippen LogP contribution in [0.5, 0.6) is 0 Å². The van der Waals surface area contributed by atoms with Gasteiger partial charge < -0.3 is 10.6 Å². The highest BCUT2D eigenvalue weighted by Gasteiger charge is 2.29. The van der Waals surface area contributed by atoms with E-state index in [-0.39, 0.29) is 5.91 Å². The van der Waals surface area contributed by atoms with Crippen LogP contribution in [0.25, 0.3) is 0 Å². The summed E-state index contributed by atoms with van der Waals surface area (Å²) in [5.41, 5.74) is 2.14. The van der Waals surface area contributed by atoms with Gasteiger partial charge in [0.15, 0.2) is 0 Å². The van der Waals surface area contributed by atoms with Crippen molar-refractivity contribution in [3.05, 3.63) is 59.7 Å². The minimum absolute atomic E-state index is 0.285. The van der Waals surface area contributed by atoms with E-state index in [0.29, 0.717) is 23.5 Å². The van der Waals surface area contributed by atoms with Crippen molar-refractivity contribution < 1.29 is 18.0 Å². The normalized spacial score (nSPS) is 12.1. The van der Waals surface area contributed by atoms with Crippen molar-refractivity contribution in [2.24, 2.45) is 0 Å². The minimum Gasteiger partial charge on any atom is -0.352 e. The molecule has 0 unspecified atom stereocenters. The Morgan fingerprint density at radius 3 is 2.26 bits per heavy atom. The molecule has 2 N–H and O–H groups in total. The molecule has 2 aromatic rings. The van der Waals surface area contributed by atoms with Crippen LogP contribution in [-0.2, 0) is 21.2 Å². The van der Waals surface area contributed by atoms with Gasteiger partial charge in [-0.15, -0.1) is 0 Å². The van der Waals surface area contributed by atoms with Crippen LogP contribution in [0.4, 0.5) is 11.4 Å². The largest absolute Gasteiger partial charge is 0.352 e. The summed E-state index contributed by atoms with van der Waals surface area (Å²) < 4.78 is 26.1. The molecular weight excluding hydrogens is 414 g/mol. The highest BCUT2D eigenvalue weighted by molar-refractivity contribution is 7.92. The van der Waals surface area contributed by atoms with Gasteiger partial charge in [-0.2, -0.15) is 0 Å². The monoisotopic (exact) mass is 445 g/mol. The van der Waals surface area contributed by atoms with E-state index < -0.39 is 22.0 Å². The van der Waals surface area contributed by atoms with Gasteiger partial charge in [-0.05, 0) is 49.6 Å². The maximum atomic E-state index is 13.0. The van der Waals surface area contributed by atoms with Crippen LogP contribution in [0.15, 0.2) is 48.5 Å². The standard InChI is InChI=1S/C23H31N3O4S/c1-5-7-16-24-23(28)20-10-8-9-11-21(20)25-22(27)17(3)26(31(4,29)30)19-14-12-18(6-2)13-15-19/h8-15,17H,5-7,16H2,1-4H3,(H,24,28)(H,25,27)/t17-/m0/s1. The van der Waals surface area contributed by atoms with E-state index in [1.807, 2.05) is 26.0 Å². The lowest BCUT2D eigenvalue weighted by molar-refractivity contribution is -0.116. The van der Waals surface area contributed by atoms with Crippen molar-refractivity contribution in [3.8, 4) is 0 Å². The molecule has 0 saturated carbocycles. The quantitative estimate of drug-likeness (QED) is 0.547. The predicted molar refractivity (Wildman–Crippen MR) is 125 cm³/mol. The van der Waals surface area contributed by atoms with Gasteiger partial charge in [-0.25, -0.2) is 8.42 Å². The van der Waals surface area contributed by atoms with Crippen molar-refractivity contribution >= 4 is 33.2 Å². The molecule has 8 heteroatoms. The third kappa shape index (κ3) is 6.55. The second kappa shape index (κ2) is 10.9. The summed E-state index contributed by atoms with van der Waals surface area (Å²) in [4.78, 5) is 25.5. The summed E-state index contributed by atoms with van der Waals surface area (Å²) in [5, 5.41) is 5.55. The van der Waals surface area contributed by atoms with Gasteiger partial charge in [0.25, 0.3) is 5.91 Å². The van der Waals surface area contributed by atoms with Crippen LogP contribution < -0.4 is 14.9 Å². The van der Waals surface area contributed by atoms with Crippen LogP contribution in [0.3, 0.4) is 0 Å². The lowest BCUT2D eigenvalue weighted by atomic mass is 10.1. The number of nitrogens with zero attached hydrogens (tertiary/aromatic N) is 1. The van der Waals surface area contributed by atoms with E-state index in [2.05, 4.69) is 10.6 Å². The molecule has 7 nitrogen and oxygen atoms in total. The molecule has 0 fully saturated rings. The van der Waals surface area contributed by atoms with Crippen molar-refractivity contribution in [1.29, 1.82) is 0 Å². The second-order valence-corrected chi connectivity index (χ2v) is 9.26. The Morgan fingerprint density at radius 2 is 1.68 bits per heavy atom. The summed E-state index contributed by atoms with van der Waals surface area (Å²) in [6.45, 7) is 6.11. The van der Waals surface area contributed by atoms with E-state index in [9.17, 15) is 18.0 Å². The number of hydrogen-bond donors (Lipinski definition) is 2. The molecule has 0 radical (unpaired) electrons. The number of aryl methyl sites for hydroxylation is 1. The van der Waals surface area contributed by atoms with Crippen molar-refractivity contribution in [2.45, 2.75) is 46.1 Å². The molecule has 1 atom stereocenters. The summed E-state index contributed by atoms with van der Waals surface area (Å²) in [6.07, 6.45) is 3.71. The van der Waals surface area contributed by atoms with Gasteiger partial charge in [0.2, 0.25) is 15.9 Å². The number of rotatable bonds is 10. The average Bonchev–Trinajstić information content (AvgIpc) is 2.73. The van der Waals surface area contributed by atoms with Crippen LogP contribution in [0.1, 0.15) is 49.5 Å². The number of para-hydroxylation sites is 1. The van der Waals surface area contributed by atoms with Gasteiger partial charge in [0.05, 0.1) is 23.2 Å². The van der Waals surface area contributed by atoms with Crippen LogP contribution in [-0.4, -0.2) is 39.1 Å². The lowest BCUT2D eigenvalue weighted by Crippen LogP contribution is -2.45. The highest BCUT2D eigenvalue weighted by Crippen LogP contribution is 2.23. The molecule has 168 valence electrons. The predicted octanol–water partition coefficient (Wildman–Crippen LogP) is 3.57. The molecule has 0 heterocycles. The lowest BCUT2D eigenvalue weighted by Gasteiger charge is -2.28. The molecular formula is C23H31N3O4S. The maximum absolute atomic E-state index is 13.0. The number of amides is 2. The zero-order valence-corrected chi connectivity index (χ0v) is 19.3. The molecule has 0 spiro atoms. The Morgan fingerprint density at radius 1 is 1.03 bits per heavy atom. The van der Waals surface area contributed by atoms with Gasteiger partial charge >= 0.3 is 0 Å². The average molecular weight is 446 g/mol. The first-order valence-corrected chi connectivity index (χ1v) is 12.3.